The number of hydrogen-bond acceptors (Lipinski definition) is 5. The van der Waals surface area contributed by atoms with Gasteiger partial charge in [0.1, 0.15) is 23.3 Å². The van der Waals surface area contributed by atoms with E-state index in [1.54, 1.807) is 39.1 Å². The molecule has 3 aromatic rings. The highest BCUT2D eigenvalue weighted by Crippen LogP contribution is 2.37. The molecule has 48 heavy (non-hydrogen) atoms. The van der Waals surface area contributed by atoms with E-state index < -0.39 is 58.9 Å². The van der Waals surface area contributed by atoms with E-state index in [0.717, 1.165) is 16.7 Å². The van der Waals surface area contributed by atoms with Gasteiger partial charge in [0, 0.05) is 37.0 Å². The molecule has 2 aromatic carbocycles. The highest BCUT2D eigenvalue weighted by atomic mass is 19.1. The first-order valence-electron chi connectivity index (χ1n) is 16.5. The summed E-state index contributed by atoms with van der Waals surface area (Å²) in [5.41, 5.74) is 1.12. The van der Waals surface area contributed by atoms with Crippen LogP contribution >= 0.6 is 0 Å². The molecule has 1 aliphatic rings. The molecule has 0 unspecified atom stereocenters. The molecule has 0 bridgehead atoms. The monoisotopic (exact) mass is 668 g/mol. The molecule has 0 aliphatic carbocycles. The third kappa shape index (κ3) is 8.17. The molecule has 0 radical (unpaired) electrons. The molecular weight excluding hydrogens is 621 g/mol. The van der Waals surface area contributed by atoms with Crippen molar-refractivity contribution in [3.63, 3.8) is 0 Å². The molecule has 2 N–H and O–H groups in total. The van der Waals surface area contributed by atoms with Gasteiger partial charge in [-0.15, -0.1) is 0 Å². The molecule has 2 heterocycles. The van der Waals surface area contributed by atoms with Crippen LogP contribution in [0.1, 0.15) is 99.0 Å². The van der Waals surface area contributed by atoms with Gasteiger partial charge >= 0.3 is 11.7 Å². The van der Waals surface area contributed by atoms with E-state index in [0.29, 0.717) is 37.3 Å². The second-order valence-electron chi connectivity index (χ2n) is 14.2. The molecule has 1 aromatic heterocycles. The van der Waals surface area contributed by atoms with Crippen LogP contribution in [0.2, 0.25) is 0 Å². The minimum atomic E-state index is -1.58. The zero-order valence-corrected chi connectivity index (χ0v) is 29.1. The second kappa shape index (κ2) is 14.6. The minimum Gasteiger partial charge on any atom is -0.481 e. The summed E-state index contributed by atoms with van der Waals surface area (Å²) in [6.07, 6.45) is 1.45. The van der Waals surface area contributed by atoms with E-state index in [1.165, 1.54) is 17.6 Å². The highest BCUT2D eigenvalue weighted by Gasteiger charge is 2.38. The van der Waals surface area contributed by atoms with Gasteiger partial charge in [0.15, 0.2) is 0 Å². The van der Waals surface area contributed by atoms with Gasteiger partial charge in [0.2, 0.25) is 5.91 Å². The van der Waals surface area contributed by atoms with E-state index >= 15 is 8.78 Å². The van der Waals surface area contributed by atoms with Crippen LogP contribution in [0.15, 0.2) is 35.3 Å². The predicted molar refractivity (Wildman–Crippen MR) is 180 cm³/mol. The van der Waals surface area contributed by atoms with Gasteiger partial charge in [-0.25, -0.2) is 18.0 Å². The first kappa shape index (κ1) is 36.8. The van der Waals surface area contributed by atoms with Crippen molar-refractivity contribution in [2.45, 2.75) is 98.3 Å². The Labute approximate surface area is 280 Å². The van der Waals surface area contributed by atoms with Crippen molar-refractivity contribution in [1.29, 1.82) is 0 Å². The molecule has 11 heteroatoms. The molecule has 8 nitrogen and oxygen atoms in total. The van der Waals surface area contributed by atoms with Crippen molar-refractivity contribution in [3.8, 4) is 11.1 Å². The maximum atomic E-state index is 16.4. The molecule has 1 fully saturated rings. The number of carbonyl (C=O) groups is 2. The van der Waals surface area contributed by atoms with Gasteiger partial charge in [-0.2, -0.15) is 4.98 Å². The Morgan fingerprint density at radius 1 is 1.04 bits per heavy atom. The maximum Gasteiger partial charge on any atom is 0.348 e. The normalized spacial score (nSPS) is 15.8. The number of nitrogens with one attached hydrogen (secondary N) is 1. The molecule has 260 valence electrons. The van der Waals surface area contributed by atoms with Crippen LogP contribution in [0.5, 0.6) is 0 Å². The number of aliphatic carboxylic acids is 1. The van der Waals surface area contributed by atoms with Crippen LogP contribution in [0.3, 0.4) is 0 Å². The molecular formula is C37H47F3N4O4. The van der Waals surface area contributed by atoms with Gasteiger partial charge in [-0.1, -0.05) is 45.9 Å². The number of carboxylic acids is 1. The molecule has 0 spiro atoms. The van der Waals surface area contributed by atoms with Crippen molar-refractivity contribution in [2.24, 2.45) is 5.92 Å². The largest absolute Gasteiger partial charge is 0.481 e. The summed E-state index contributed by atoms with van der Waals surface area (Å²) >= 11 is 0. The Hall–Kier alpha value is -3.99. The smallest absolute Gasteiger partial charge is 0.348 e. The number of rotatable bonds is 13. The number of halogens is 3. The zero-order valence-electron chi connectivity index (χ0n) is 29.1. The van der Waals surface area contributed by atoms with E-state index in [9.17, 15) is 23.9 Å². The summed E-state index contributed by atoms with van der Waals surface area (Å²) in [6.45, 7) is 15.3. The number of hydrogen-bond donors (Lipinski definition) is 2. The van der Waals surface area contributed by atoms with E-state index in [4.69, 9.17) is 0 Å². The Bertz CT molecular complexity index is 1720. The van der Waals surface area contributed by atoms with Crippen LogP contribution in [0, 0.1) is 38.3 Å². The number of carboxylic acid groups (broad SMARTS) is 1. The van der Waals surface area contributed by atoms with E-state index in [2.05, 4.69) is 10.3 Å². The molecule has 1 aliphatic heterocycles. The summed E-state index contributed by atoms with van der Waals surface area (Å²) < 4.78 is 47.6. The van der Waals surface area contributed by atoms with Crippen LogP contribution in [0.4, 0.5) is 13.2 Å². The first-order chi connectivity index (χ1) is 22.4. The number of amides is 1. The van der Waals surface area contributed by atoms with E-state index in [-0.39, 0.29) is 29.4 Å². The summed E-state index contributed by atoms with van der Waals surface area (Å²) in [6, 6.07) is 4.10. The Morgan fingerprint density at radius 3 is 2.21 bits per heavy atom. The lowest BCUT2D eigenvalue weighted by Crippen LogP contribution is -2.57. The SMILES string of the molecule is Cc1cc(-c2c(C)cccc2C)c(F)c([C@H](CC(=O)O)NC(=O)[C@H](CC(C)C)n2cc(CCN3CC(C)(F)C3)c(C(C)C)nc2=O)c1F. The number of carbonyl (C=O) groups excluding carboxylic acids is 1. The van der Waals surface area contributed by atoms with Gasteiger partial charge in [0.05, 0.1) is 18.2 Å². The van der Waals surface area contributed by atoms with Crippen molar-refractivity contribution in [1.82, 2.24) is 19.8 Å². The number of benzene rings is 2. The third-order valence-electron chi connectivity index (χ3n) is 8.96. The van der Waals surface area contributed by atoms with Crippen LogP contribution in [-0.4, -0.2) is 56.7 Å². The number of aryl methyl sites for hydroxylation is 3. The average molecular weight is 669 g/mol. The number of aromatic nitrogens is 2. The van der Waals surface area contributed by atoms with Gasteiger partial charge in [-0.05, 0) is 86.3 Å². The van der Waals surface area contributed by atoms with Crippen molar-refractivity contribution in [2.75, 3.05) is 19.6 Å². The molecule has 1 saturated heterocycles. The summed E-state index contributed by atoms with van der Waals surface area (Å²) in [5.74, 6) is -4.22. The highest BCUT2D eigenvalue weighted by molar-refractivity contribution is 5.82. The van der Waals surface area contributed by atoms with E-state index in [1.807, 2.05) is 38.7 Å². The lowest BCUT2D eigenvalue weighted by atomic mass is 9.89. The standard InChI is InChI=1S/C37H47F3N4O4/c1-20(2)14-28(44-17-25(34(21(3)4)42-36(44)48)12-13-43-18-37(8,40)19-43)35(47)41-27(16-29(45)46)31-32(38)24(7)15-26(33(31)39)30-22(5)10-9-11-23(30)6/h9-11,15,17,20-21,27-28H,12-14,16,18-19H2,1-8H3,(H,41,47)(H,45,46)/t27-,28-/m0/s1. The van der Waals surface area contributed by atoms with Crippen molar-refractivity contribution < 1.29 is 27.9 Å². The van der Waals surface area contributed by atoms with Crippen molar-refractivity contribution >= 4 is 11.9 Å². The lowest BCUT2D eigenvalue weighted by molar-refractivity contribution is -0.138. The number of likely N-dealkylation sites (tertiary alicyclic amines) is 1. The number of nitrogens with zero attached hydrogens (tertiary/aromatic N) is 3. The van der Waals surface area contributed by atoms with Gasteiger partial charge in [-0.3, -0.25) is 19.1 Å². The average Bonchev–Trinajstić information content (AvgIpc) is 2.96. The van der Waals surface area contributed by atoms with Crippen molar-refractivity contribution in [3.05, 3.63) is 86.1 Å². The van der Waals surface area contributed by atoms with Crippen LogP contribution < -0.4 is 11.0 Å². The Kier molecular flexibility index (Phi) is 11.2. The maximum absolute atomic E-state index is 16.4. The fourth-order valence-electron chi connectivity index (χ4n) is 6.75. The number of alkyl halides is 1. The second-order valence-corrected chi connectivity index (χ2v) is 14.2. The molecule has 4 rings (SSSR count). The Balaban J connectivity index is 1.77. The quantitative estimate of drug-likeness (QED) is 0.209. The topological polar surface area (TPSA) is 105 Å². The fourth-order valence-corrected chi connectivity index (χ4v) is 6.75. The first-order valence-corrected chi connectivity index (χ1v) is 16.5. The molecule has 0 saturated carbocycles. The predicted octanol–water partition coefficient (Wildman–Crippen LogP) is 6.74. The Morgan fingerprint density at radius 2 is 1.67 bits per heavy atom. The lowest BCUT2D eigenvalue weighted by Gasteiger charge is -2.42. The fraction of sp³-hybridized carbons (Fsp3) is 0.514. The minimum absolute atomic E-state index is 0.0924. The zero-order chi connectivity index (χ0) is 35.7. The molecule has 2 atom stereocenters. The van der Waals surface area contributed by atoms with Gasteiger partial charge in [0.25, 0.3) is 0 Å². The molecule has 1 amide bonds. The van der Waals surface area contributed by atoms with Gasteiger partial charge < -0.3 is 10.4 Å². The third-order valence-corrected chi connectivity index (χ3v) is 8.96. The summed E-state index contributed by atoms with van der Waals surface area (Å²) in [7, 11) is 0. The van der Waals surface area contributed by atoms with Crippen LogP contribution in [-0.2, 0) is 16.0 Å². The van der Waals surface area contributed by atoms with Crippen LogP contribution in [0.25, 0.3) is 11.1 Å². The summed E-state index contributed by atoms with van der Waals surface area (Å²) in [5, 5.41) is 12.4. The summed E-state index contributed by atoms with van der Waals surface area (Å²) in [4.78, 5) is 45.9.